The molecule has 2 rings (SSSR count). The summed E-state index contributed by atoms with van der Waals surface area (Å²) in [5.74, 6) is 0.268. The van der Waals surface area contributed by atoms with Gasteiger partial charge in [-0.15, -0.1) is 0 Å². The average Bonchev–Trinajstić information content (AvgIpc) is 2.81. The molecule has 0 spiro atoms. The van der Waals surface area contributed by atoms with Crippen LogP contribution >= 0.6 is 11.6 Å². The van der Waals surface area contributed by atoms with Crippen molar-refractivity contribution in [1.29, 1.82) is 0 Å². The third-order valence-corrected chi connectivity index (χ3v) is 2.88. The van der Waals surface area contributed by atoms with Crippen molar-refractivity contribution in [3.8, 4) is 0 Å². The molecule has 2 heterocycles. The molecule has 0 saturated carbocycles. The van der Waals surface area contributed by atoms with Crippen molar-refractivity contribution in [3.63, 3.8) is 0 Å². The lowest BCUT2D eigenvalue weighted by Crippen LogP contribution is -2.05. The standard InChI is InChI=1S/C12H15ClN4O/c1-7(2)17-6-8(4-16-17)11(18)10-3-9(13)5-15-12(10)14/h3-7,11,18H,1-2H3,(H2,14,15). The van der Waals surface area contributed by atoms with E-state index < -0.39 is 6.10 Å². The molecule has 1 atom stereocenters. The number of aromatic nitrogens is 3. The summed E-state index contributed by atoms with van der Waals surface area (Å²) in [6.45, 7) is 4.02. The Balaban J connectivity index is 2.34. The molecule has 0 saturated heterocycles. The van der Waals surface area contributed by atoms with E-state index >= 15 is 0 Å². The summed E-state index contributed by atoms with van der Waals surface area (Å²) in [6, 6.07) is 1.85. The first-order chi connectivity index (χ1) is 8.49. The van der Waals surface area contributed by atoms with Gasteiger partial charge in [0.1, 0.15) is 11.9 Å². The maximum Gasteiger partial charge on any atom is 0.129 e. The van der Waals surface area contributed by atoms with E-state index in [1.807, 2.05) is 13.8 Å². The zero-order chi connectivity index (χ0) is 13.3. The average molecular weight is 267 g/mol. The number of aliphatic hydroxyl groups excluding tert-OH is 1. The summed E-state index contributed by atoms with van der Waals surface area (Å²) in [4.78, 5) is 3.93. The van der Waals surface area contributed by atoms with Crippen LogP contribution in [0.15, 0.2) is 24.7 Å². The van der Waals surface area contributed by atoms with Gasteiger partial charge in [0.2, 0.25) is 0 Å². The Morgan fingerprint density at radius 1 is 1.39 bits per heavy atom. The Hall–Kier alpha value is -1.59. The maximum absolute atomic E-state index is 10.3. The molecule has 6 heteroatoms. The fraction of sp³-hybridized carbons (Fsp3) is 0.333. The van der Waals surface area contributed by atoms with Crippen molar-refractivity contribution in [3.05, 3.63) is 40.8 Å². The van der Waals surface area contributed by atoms with Gasteiger partial charge in [-0.2, -0.15) is 5.10 Å². The number of pyridine rings is 1. The summed E-state index contributed by atoms with van der Waals surface area (Å²) >= 11 is 5.85. The number of nitrogen functional groups attached to an aromatic ring is 1. The van der Waals surface area contributed by atoms with Gasteiger partial charge in [0, 0.05) is 29.6 Å². The minimum absolute atomic E-state index is 0.237. The van der Waals surface area contributed by atoms with Gasteiger partial charge < -0.3 is 10.8 Å². The number of nitrogens with zero attached hydrogens (tertiary/aromatic N) is 3. The van der Waals surface area contributed by atoms with Crippen LogP contribution in [0.5, 0.6) is 0 Å². The second-order valence-corrected chi connectivity index (χ2v) is 4.81. The molecule has 0 aliphatic rings. The van der Waals surface area contributed by atoms with Crippen molar-refractivity contribution in [2.45, 2.75) is 26.0 Å². The Morgan fingerprint density at radius 2 is 2.11 bits per heavy atom. The van der Waals surface area contributed by atoms with Crippen LogP contribution in [0.2, 0.25) is 5.02 Å². The molecule has 0 radical (unpaired) electrons. The molecule has 5 nitrogen and oxygen atoms in total. The number of nitrogens with two attached hydrogens (primary N) is 1. The molecular formula is C12H15ClN4O. The summed E-state index contributed by atoms with van der Waals surface area (Å²) in [5.41, 5.74) is 6.89. The third kappa shape index (κ3) is 2.47. The molecule has 0 aromatic carbocycles. The van der Waals surface area contributed by atoms with Gasteiger partial charge in [-0.3, -0.25) is 4.68 Å². The smallest absolute Gasteiger partial charge is 0.129 e. The highest BCUT2D eigenvalue weighted by atomic mass is 35.5. The topological polar surface area (TPSA) is 77.0 Å². The third-order valence-electron chi connectivity index (χ3n) is 2.68. The van der Waals surface area contributed by atoms with E-state index in [0.29, 0.717) is 16.1 Å². The van der Waals surface area contributed by atoms with Crippen LogP contribution in [-0.2, 0) is 0 Å². The Morgan fingerprint density at radius 3 is 2.72 bits per heavy atom. The van der Waals surface area contributed by atoms with E-state index in [2.05, 4.69) is 10.1 Å². The van der Waals surface area contributed by atoms with Crippen molar-refractivity contribution in [1.82, 2.24) is 14.8 Å². The Kier molecular flexibility index (Phi) is 3.54. The van der Waals surface area contributed by atoms with Crippen molar-refractivity contribution in [2.75, 3.05) is 5.73 Å². The van der Waals surface area contributed by atoms with Crippen molar-refractivity contribution >= 4 is 17.4 Å². The van der Waals surface area contributed by atoms with Crippen molar-refractivity contribution in [2.24, 2.45) is 0 Å². The lowest BCUT2D eigenvalue weighted by Gasteiger charge is -2.11. The zero-order valence-corrected chi connectivity index (χ0v) is 11.0. The number of hydrogen-bond acceptors (Lipinski definition) is 4. The largest absolute Gasteiger partial charge is 0.383 e. The number of rotatable bonds is 3. The van der Waals surface area contributed by atoms with Crippen LogP contribution in [0, 0.1) is 0 Å². The molecule has 0 bridgehead atoms. The monoisotopic (exact) mass is 266 g/mol. The lowest BCUT2D eigenvalue weighted by atomic mass is 10.1. The molecule has 0 aliphatic heterocycles. The summed E-state index contributed by atoms with van der Waals surface area (Å²) < 4.78 is 1.77. The van der Waals surface area contributed by atoms with Gasteiger partial charge in [-0.05, 0) is 19.9 Å². The first kappa shape index (κ1) is 12.9. The van der Waals surface area contributed by atoms with Gasteiger partial charge in [-0.25, -0.2) is 4.98 Å². The molecule has 96 valence electrons. The maximum atomic E-state index is 10.3. The fourth-order valence-electron chi connectivity index (χ4n) is 1.64. The van der Waals surface area contributed by atoms with Crippen LogP contribution in [0.3, 0.4) is 0 Å². The minimum Gasteiger partial charge on any atom is -0.383 e. The van der Waals surface area contributed by atoms with E-state index in [9.17, 15) is 5.11 Å². The molecule has 1 unspecified atom stereocenters. The minimum atomic E-state index is -0.872. The van der Waals surface area contributed by atoms with E-state index in [4.69, 9.17) is 17.3 Å². The first-order valence-corrected chi connectivity index (χ1v) is 6.00. The summed E-state index contributed by atoms with van der Waals surface area (Å²) in [6.07, 6.45) is 3.98. The molecule has 3 N–H and O–H groups in total. The molecule has 2 aromatic heterocycles. The van der Waals surface area contributed by atoms with Gasteiger partial charge in [-0.1, -0.05) is 11.6 Å². The van der Waals surface area contributed by atoms with Gasteiger partial charge in [0.05, 0.1) is 11.2 Å². The van der Waals surface area contributed by atoms with Crippen LogP contribution in [0.4, 0.5) is 5.82 Å². The highest BCUT2D eigenvalue weighted by molar-refractivity contribution is 6.30. The van der Waals surface area contributed by atoms with E-state index in [0.717, 1.165) is 0 Å². The Labute approximate surface area is 110 Å². The van der Waals surface area contributed by atoms with Gasteiger partial charge in [0.15, 0.2) is 0 Å². The van der Waals surface area contributed by atoms with Gasteiger partial charge in [0.25, 0.3) is 0 Å². The molecule has 18 heavy (non-hydrogen) atoms. The quantitative estimate of drug-likeness (QED) is 0.893. The molecule has 0 fully saturated rings. The Bertz CT molecular complexity index is 553. The second-order valence-electron chi connectivity index (χ2n) is 4.38. The highest BCUT2D eigenvalue weighted by Crippen LogP contribution is 2.27. The van der Waals surface area contributed by atoms with Crippen molar-refractivity contribution < 1.29 is 5.11 Å². The summed E-state index contributed by atoms with van der Waals surface area (Å²) in [7, 11) is 0. The second kappa shape index (κ2) is 4.96. The fourth-order valence-corrected chi connectivity index (χ4v) is 1.81. The number of aliphatic hydroxyl groups is 1. The van der Waals surface area contributed by atoms with E-state index in [1.165, 1.54) is 6.20 Å². The molecular weight excluding hydrogens is 252 g/mol. The SMILES string of the molecule is CC(C)n1cc(C(O)c2cc(Cl)cnc2N)cn1. The lowest BCUT2D eigenvalue weighted by molar-refractivity contribution is 0.220. The highest BCUT2D eigenvalue weighted by Gasteiger charge is 2.17. The van der Waals surface area contributed by atoms with Crippen LogP contribution < -0.4 is 5.73 Å². The van der Waals surface area contributed by atoms with E-state index in [-0.39, 0.29) is 11.9 Å². The zero-order valence-electron chi connectivity index (χ0n) is 10.2. The molecule has 0 amide bonds. The molecule has 2 aromatic rings. The first-order valence-electron chi connectivity index (χ1n) is 5.62. The number of halogens is 1. The van der Waals surface area contributed by atoms with Gasteiger partial charge >= 0.3 is 0 Å². The number of hydrogen-bond donors (Lipinski definition) is 2. The van der Waals surface area contributed by atoms with E-state index in [1.54, 1.807) is 23.1 Å². The normalized spacial score (nSPS) is 12.9. The molecule has 0 aliphatic carbocycles. The van der Waals surface area contributed by atoms with Crippen LogP contribution in [0.25, 0.3) is 0 Å². The van der Waals surface area contributed by atoms with Crippen LogP contribution in [-0.4, -0.2) is 19.9 Å². The van der Waals surface area contributed by atoms with Crippen LogP contribution in [0.1, 0.15) is 37.1 Å². The summed E-state index contributed by atoms with van der Waals surface area (Å²) in [5, 5.41) is 14.9. The number of anilines is 1. The predicted octanol–water partition coefficient (Wildman–Crippen LogP) is 2.18. The predicted molar refractivity (Wildman–Crippen MR) is 70.3 cm³/mol.